The maximum absolute atomic E-state index is 12.4. The number of aromatic nitrogens is 3. The molecular formula is C17H19ClN4O3. The van der Waals surface area contributed by atoms with Crippen LogP contribution in [0.25, 0.3) is 0 Å². The highest BCUT2D eigenvalue weighted by molar-refractivity contribution is 6.30. The van der Waals surface area contributed by atoms with Crippen LogP contribution >= 0.6 is 11.6 Å². The number of carboxylic acids is 1. The van der Waals surface area contributed by atoms with E-state index in [2.05, 4.69) is 15.6 Å². The van der Waals surface area contributed by atoms with Gasteiger partial charge in [0.15, 0.2) is 5.69 Å². The molecule has 1 unspecified atom stereocenters. The summed E-state index contributed by atoms with van der Waals surface area (Å²) >= 11 is 5.96. The van der Waals surface area contributed by atoms with Crippen LogP contribution in [0, 0.1) is 5.92 Å². The Balaban J connectivity index is 1.71. The predicted octanol–water partition coefficient (Wildman–Crippen LogP) is 2.68. The van der Waals surface area contributed by atoms with E-state index in [0.717, 1.165) is 31.2 Å². The summed E-state index contributed by atoms with van der Waals surface area (Å²) in [4.78, 5) is 23.3. The number of hydrogen-bond acceptors (Lipinski definition) is 4. The zero-order valence-corrected chi connectivity index (χ0v) is 14.3. The Hall–Kier alpha value is -2.41. The Morgan fingerprint density at radius 3 is 2.56 bits per heavy atom. The largest absolute Gasteiger partial charge is 0.476 e. The molecule has 0 bridgehead atoms. The zero-order valence-electron chi connectivity index (χ0n) is 13.6. The highest BCUT2D eigenvalue weighted by Gasteiger charge is 2.28. The maximum Gasteiger partial charge on any atom is 0.358 e. The molecule has 3 rings (SSSR count). The van der Waals surface area contributed by atoms with Crippen LogP contribution in [0.5, 0.6) is 0 Å². The first-order valence-corrected chi connectivity index (χ1v) is 8.59. The van der Waals surface area contributed by atoms with Crippen LogP contribution in [0.15, 0.2) is 30.5 Å². The van der Waals surface area contributed by atoms with E-state index in [0.29, 0.717) is 10.9 Å². The molecule has 2 N–H and O–H groups in total. The van der Waals surface area contributed by atoms with Crippen molar-refractivity contribution in [2.45, 2.75) is 38.3 Å². The smallest absolute Gasteiger partial charge is 0.358 e. The highest BCUT2D eigenvalue weighted by atomic mass is 35.5. The number of nitrogens with one attached hydrogen (secondary N) is 1. The van der Waals surface area contributed by atoms with E-state index in [1.54, 1.807) is 0 Å². The van der Waals surface area contributed by atoms with Crippen LogP contribution in [0.2, 0.25) is 5.02 Å². The van der Waals surface area contributed by atoms with Gasteiger partial charge in [-0.1, -0.05) is 41.8 Å². The van der Waals surface area contributed by atoms with Gasteiger partial charge in [0.1, 0.15) is 6.54 Å². The minimum Gasteiger partial charge on any atom is -0.476 e. The van der Waals surface area contributed by atoms with Crippen molar-refractivity contribution in [1.29, 1.82) is 0 Å². The predicted molar refractivity (Wildman–Crippen MR) is 91.3 cm³/mol. The van der Waals surface area contributed by atoms with Crippen molar-refractivity contribution in [1.82, 2.24) is 20.3 Å². The minimum atomic E-state index is -1.17. The van der Waals surface area contributed by atoms with Gasteiger partial charge in [0.2, 0.25) is 5.91 Å². The number of benzene rings is 1. The van der Waals surface area contributed by atoms with Crippen molar-refractivity contribution in [3.05, 3.63) is 46.7 Å². The summed E-state index contributed by atoms with van der Waals surface area (Å²) in [6, 6.07) is 7.42. The second kappa shape index (κ2) is 7.65. The lowest BCUT2D eigenvalue weighted by molar-refractivity contribution is -0.123. The molecule has 1 fully saturated rings. The number of aromatic carboxylic acids is 1. The van der Waals surface area contributed by atoms with Gasteiger partial charge in [-0.15, -0.1) is 5.10 Å². The fourth-order valence-corrected chi connectivity index (χ4v) is 3.40. The third-order valence-corrected chi connectivity index (χ3v) is 4.73. The van der Waals surface area contributed by atoms with Crippen molar-refractivity contribution in [3.8, 4) is 0 Å². The number of rotatable bonds is 6. The number of hydrogen-bond donors (Lipinski definition) is 2. The maximum atomic E-state index is 12.4. The number of carbonyl (C=O) groups excluding carboxylic acids is 1. The van der Waals surface area contributed by atoms with Gasteiger partial charge >= 0.3 is 5.97 Å². The van der Waals surface area contributed by atoms with E-state index in [4.69, 9.17) is 16.7 Å². The molecule has 0 radical (unpaired) electrons. The standard InChI is InChI=1S/C17H19ClN4O3/c18-13-7-5-12(6-8-13)16(11-3-1-2-4-11)19-15(23)10-22-9-14(17(24)25)20-21-22/h5-9,11,16H,1-4,10H2,(H,19,23)(H,24,25). The first-order valence-electron chi connectivity index (χ1n) is 8.21. The Morgan fingerprint density at radius 1 is 1.28 bits per heavy atom. The molecule has 1 aliphatic carbocycles. The molecule has 1 amide bonds. The van der Waals surface area contributed by atoms with Crippen molar-refractivity contribution < 1.29 is 14.7 Å². The lowest BCUT2D eigenvalue weighted by atomic mass is 9.91. The van der Waals surface area contributed by atoms with Gasteiger partial charge in [-0.05, 0) is 36.5 Å². The number of carboxylic acid groups (broad SMARTS) is 1. The summed E-state index contributed by atoms with van der Waals surface area (Å²) < 4.78 is 1.23. The van der Waals surface area contributed by atoms with E-state index in [1.807, 2.05) is 24.3 Å². The average Bonchev–Trinajstić information content (AvgIpc) is 3.25. The van der Waals surface area contributed by atoms with E-state index < -0.39 is 5.97 Å². The third kappa shape index (κ3) is 4.36. The lowest BCUT2D eigenvalue weighted by Gasteiger charge is -2.25. The lowest BCUT2D eigenvalue weighted by Crippen LogP contribution is -2.35. The zero-order chi connectivity index (χ0) is 17.8. The number of amides is 1. The topological polar surface area (TPSA) is 97.1 Å². The minimum absolute atomic E-state index is 0.0723. The normalized spacial score (nSPS) is 15.9. The number of halogens is 1. The fourth-order valence-electron chi connectivity index (χ4n) is 3.27. The van der Waals surface area contributed by atoms with E-state index in [-0.39, 0.29) is 24.2 Å². The summed E-state index contributed by atoms with van der Waals surface area (Å²) in [7, 11) is 0. The molecule has 1 saturated carbocycles. The molecule has 1 aromatic heterocycles. The quantitative estimate of drug-likeness (QED) is 0.823. The molecule has 7 nitrogen and oxygen atoms in total. The van der Waals surface area contributed by atoms with Crippen LogP contribution < -0.4 is 5.32 Å². The van der Waals surface area contributed by atoms with Crippen LogP contribution in [-0.2, 0) is 11.3 Å². The monoisotopic (exact) mass is 362 g/mol. The summed E-state index contributed by atoms with van der Waals surface area (Å²) in [5.74, 6) is -1.01. The number of carbonyl (C=O) groups is 2. The molecule has 0 aliphatic heterocycles. The molecule has 2 aromatic rings. The SMILES string of the molecule is O=C(Cn1cc(C(=O)O)nn1)NC(c1ccc(Cl)cc1)C1CCCC1. The molecule has 0 spiro atoms. The molecule has 1 aliphatic rings. The van der Waals surface area contributed by atoms with Gasteiger partial charge in [0, 0.05) is 5.02 Å². The Labute approximate surface area is 150 Å². The van der Waals surface area contributed by atoms with Crippen molar-refractivity contribution in [2.24, 2.45) is 5.92 Å². The van der Waals surface area contributed by atoms with Crippen molar-refractivity contribution >= 4 is 23.5 Å². The fraction of sp³-hybridized carbons (Fsp3) is 0.412. The second-order valence-corrected chi connectivity index (χ2v) is 6.68. The average molecular weight is 363 g/mol. The van der Waals surface area contributed by atoms with Crippen LogP contribution in [0.4, 0.5) is 0 Å². The summed E-state index contributed by atoms with van der Waals surface area (Å²) in [6.45, 7) is -0.0723. The first kappa shape index (κ1) is 17.4. The van der Waals surface area contributed by atoms with Gasteiger partial charge < -0.3 is 10.4 Å². The molecule has 132 valence electrons. The molecule has 1 heterocycles. The molecular weight excluding hydrogens is 344 g/mol. The van der Waals surface area contributed by atoms with E-state index in [1.165, 1.54) is 10.9 Å². The Morgan fingerprint density at radius 2 is 1.96 bits per heavy atom. The third-order valence-electron chi connectivity index (χ3n) is 4.48. The Bertz CT molecular complexity index is 754. The number of nitrogens with zero attached hydrogens (tertiary/aromatic N) is 3. The van der Waals surface area contributed by atoms with Crippen molar-refractivity contribution in [2.75, 3.05) is 0 Å². The Kier molecular flexibility index (Phi) is 5.33. The van der Waals surface area contributed by atoms with Crippen LogP contribution in [0.3, 0.4) is 0 Å². The summed E-state index contributed by atoms with van der Waals surface area (Å²) in [5, 5.41) is 19.8. The second-order valence-electron chi connectivity index (χ2n) is 6.25. The molecule has 8 heteroatoms. The molecule has 25 heavy (non-hydrogen) atoms. The van der Waals surface area contributed by atoms with Gasteiger partial charge in [-0.25, -0.2) is 9.48 Å². The van der Waals surface area contributed by atoms with E-state index >= 15 is 0 Å². The van der Waals surface area contributed by atoms with E-state index in [9.17, 15) is 9.59 Å². The summed E-state index contributed by atoms with van der Waals surface area (Å²) in [5.41, 5.74) is 0.840. The van der Waals surface area contributed by atoms with Gasteiger partial charge in [0.05, 0.1) is 12.2 Å². The first-order chi connectivity index (χ1) is 12.0. The van der Waals surface area contributed by atoms with Crippen LogP contribution in [-0.4, -0.2) is 32.0 Å². The summed E-state index contributed by atoms with van der Waals surface area (Å²) in [6.07, 6.45) is 5.71. The van der Waals surface area contributed by atoms with Gasteiger partial charge in [0.25, 0.3) is 0 Å². The molecule has 0 saturated heterocycles. The van der Waals surface area contributed by atoms with Crippen molar-refractivity contribution in [3.63, 3.8) is 0 Å². The van der Waals surface area contributed by atoms with Crippen LogP contribution in [0.1, 0.15) is 47.8 Å². The highest BCUT2D eigenvalue weighted by Crippen LogP contribution is 2.36. The molecule has 1 atom stereocenters. The van der Waals surface area contributed by atoms with Gasteiger partial charge in [-0.3, -0.25) is 4.79 Å². The van der Waals surface area contributed by atoms with Gasteiger partial charge in [-0.2, -0.15) is 0 Å². The molecule has 1 aromatic carbocycles.